The Morgan fingerprint density at radius 1 is 1.14 bits per heavy atom. The number of benzene rings is 2. The van der Waals surface area contributed by atoms with Gasteiger partial charge in [0, 0.05) is 11.6 Å². The second-order valence-corrected chi connectivity index (χ2v) is 7.58. The van der Waals surface area contributed by atoms with Crippen molar-refractivity contribution in [3.8, 4) is 17.0 Å². The average Bonchev–Trinajstić information content (AvgIpc) is 3.50. The van der Waals surface area contributed by atoms with E-state index in [0.717, 1.165) is 22.0 Å². The van der Waals surface area contributed by atoms with Crippen molar-refractivity contribution < 1.29 is 9.53 Å². The molecule has 6 heteroatoms. The Labute approximate surface area is 164 Å². The van der Waals surface area contributed by atoms with Crippen LogP contribution >= 0.6 is 0 Å². The molecular formula is C22H24N4O2. The molecule has 3 N–H and O–H groups in total. The summed E-state index contributed by atoms with van der Waals surface area (Å²) in [6.07, 6.45) is 2.42. The molecule has 0 unspecified atom stereocenters. The van der Waals surface area contributed by atoms with E-state index in [1.165, 1.54) is 12.8 Å². The van der Waals surface area contributed by atoms with Gasteiger partial charge in [0.05, 0.1) is 17.5 Å². The molecule has 28 heavy (non-hydrogen) atoms. The minimum atomic E-state index is -0.0697. The van der Waals surface area contributed by atoms with E-state index < -0.39 is 0 Å². The lowest BCUT2D eigenvalue weighted by atomic mass is 10.0. The molecule has 3 aromatic rings. The molecule has 1 aliphatic rings. The van der Waals surface area contributed by atoms with E-state index in [9.17, 15) is 4.79 Å². The van der Waals surface area contributed by atoms with E-state index in [1.54, 1.807) is 0 Å². The van der Waals surface area contributed by atoms with Crippen molar-refractivity contribution in [3.63, 3.8) is 0 Å². The number of hydrogen-bond acceptors (Lipinski definition) is 5. The molecule has 1 saturated carbocycles. The van der Waals surface area contributed by atoms with Gasteiger partial charge in [-0.15, -0.1) is 0 Å². The molecular weight excluding hydrogens is 352 g/mol. The molecule has 0 bridgehead atoms. The van der Waals surface area contributed by atoms with Gasteiger partial charge in [-0.25, -0.2) is 4.98 Å². The third-order valence-electron chi connectivity index (χ3n) is 4.73. The van der Waals surface area contributed by atoms with Crippen molar-refractivity contribution in [3.05, 3.63) is 48.0 Å². The first-order chi connectivity index (χ1) is 13.5. The molecule has 0 atom stereocenters. The predicted octanol–water partition coefficient (Wildman–Crippen LogP) is 3.81. The Bertz CT molecular complexity index is 1010. The Balaban J connectivity index is 1.64. The summed E-state index contributed by atoms with van der Waals surface area (Å²) in [6.45, 7) is 4.55. The highest BCUT2D eigenvalue weighted by Gasteiger charge is 2.23. The normalized spacial score (nSPS) is 13.7. The first kappa shape index (κ1) is 18.2. The van der Waals surface area contributed by atoms with Crippen LogP contribution in [0.25, 0.3) is 22.0 Å². The number of carbonyl (C=O) groups is 1. The number of ether oxygens (including phenoxy) is 1. The second kappa shape index (κ2) is 7.46. The summed E-state index contributed by atoms with van der Waals surface area (Å²) in [5.41, 5.74) is 9.25. The molecule has 0 saturated heterocycles. The first-order valence-corrected chi connectivity index (χ1v) is 9.61. The fraction of sp³-hybridized carbons (Fsp3) is 0.318. The van der Waals surface area contributed by atoms with Gasteiger partial charge in [-0.3, -0.25) is 4.79 Å². The van der Waals surface area contributed by atoms with E-state index in [0.29, 0.717) is 24.0 Å². The molecule has 0 spiro atoms. The van der Waals surface area contributed by atoms with Crippen LogP contribution in [0.2, 0.25) is 0 Å². The van der Waals surface area contributed by atoms with Gasteiger partial charge in [0.1, 0.15) is 0 Å². The molecule has 2 aromatic carbocycles. The quantitative estimate of drug-likeness (QED) is 0.683. The molecule has 0 radical (unpaired) electrons. The Morgan fingerprint density at radius 2 is 1.86 bits per heavy atom. The first-order valence-electron chi connectivity index (χ1n) is 9.61. The molecule has 1 amide bonds. The number of hydrogen-bond donors (Lipinski definition) is 2. The smallest absolute Gasteiger partial charge is 0.251 e. The van der Waals surface area contributed by atoms with Crippen molar-refractivity contribution in [1.82, 2.24) is 15.3 Å². The van der Waals surface area contributed by atoms with E-state index in [1.807, 2.05) is 56.3 Å². The zero-order valence-corrected chi connectivity index (χ0v) is 16.1. The lowest BCUT2D eigenvalue weighted by molar-refractivity contribution is 0.0943. The van der Waals surface area contributed by atoms with Crippen LogP contribution in [0.5, 0.6) is 5.88 Å². The van der Waals surface area contributed by atoms with Crippen molar-refractivity contribution in [2.75, 3.05) is 12.3 Å². The van der Waals surface area contributed by atoms with Gasteiger partial charge in [-0.2, -0.15) is 4.98 Å². The summed E-state index contributed by atoms with van der Waals surface area (Å²) in [5.74, 6) is 1.30. The van der Waals surface area contributed by atoms with Crippen molar-refractivity contribution in [1.29, 1.82) is 0 Å². The standard InChI is InChI=1S/C22H24N4O2/c1-13(2)24-20(27)16-7-5-15(6-8-16)17-9-10-19-18(11-17)21(26-22(23)25-19)28-12-14-3-4-14/h5-11,13-14H,3-4,12H2,1-2H3,(H,24,27)(H2,23,25,26). The van der Waals surface area contributed by atoms with Crippen LogP contribution in [0.1, 0.15) is 37.0 Å². The predicted molar refractivity (Wildman–Crippen MR) is 110 cm³/mol. The molecule has 1 heterocycles. The van der Waals surface area contributed by atoms with E-state index in [4.69, 9.17) is 10.5 Å². The minimum Gasteiger partial charge on any atom is -0.477 e. The van der Waals surface area contributed by atoms with Gasteiger partial charge in [0.15, 0.2) is 0 Å². The largest absolute Gasteiger partial charge is 0.477 e. The fourth-order valence-electron chi connectivity index (χ4n) is 3.05. The maximum Gasteiger partial charge on any atom is 0.251 e. The number of nitrogens with two attached hydrogens (primary N) is 1. The lowest BCUT2D eigenvalue weighted by Crippen LogP contribution is -2.29. The third kappa shape index (κ3) is 4.06. The number of nitrogen functional groups attached to an aromatic ring is 1. The topological polar surface area (TPSA) is 90.1 Å². The number of fused-ring (bicyclic) bond motifs is 1. The number of amides is 1. The molecule has 144 valence electrons. The summed E-state index contributed by atoms with van der Waals surface area (Å²) in [7, 11) is 0. The monoisotopic (exact) mass is 376 g/mol. The SMILES string of the molecule is CC(C)NC(=O)c1ccc(-c2ccc3nc(N)nc(OCC4CC4)c3c2)cc1. The van der Waals surface area contributed by atoms with Gasteiger partial charge < -0.3 is 15.8 Å². The van der Waals surface area contributed by atoms with Gasteiger partial charge in [-0.1, -0.05) is 18.2 Å². The van der Waals surface area contributed by atoms with Crippen molar-refractivity contribution in [2.24, 2.45) is 5.92 Å². The number of anilines is 1. The highest BCUT2D eigenvalue weighted by Crippen LogP contribution is 2.32. The summed E-state index contributed by atoms with van der Waals surface area (Å²) in [5, 5.41) is 3.74. The Morgan fingerprint density at radius 3 is 2.54 bits per heavy atom. The second-order valence-electron chi connectivity index (χ2n) is 7.58. The van der Waals surface area contributed by atoms with Crippen LogP contribution in [0, 0.1) is 5.92 Å². The lowest BCUT2D eigenvalue weighted by Gasteiger charge is -2.11. The van der Waals surface area contributed by atoms with Crippen LogP contribution in [-0.4, -0.2) is 28.5 Å². The number of nitrogens with zero attached hydrogens (tertiary/aromatic N) is 2. The number of rotatable bonds is 6. The number of aromatic nitrogens is 2. The maximum absolute atomic E-state index is 12.1. The van der Waals surface area contributed by atoms with Gasteiger partial charge >= 0.3 is 0 Å². The molecule has 1 aliphatic carbocycles. The molecule has 4 rings (SSSR count). The molecule has 1 fully saturated rings. The van der Waals surface area contributed by atoms with E-state index in [-0.39, 0.29) is 17.9 Å². The molecule has 0 aliphatic heterocycles. The fourth-order valence-corrected chi connectivity index (χ4v) is 3.05. The summed E-state index contributed by atoms with van der Waals surface area (Å²) in [4.78, 5) is 20.7. The molecule has 1 aromatic heterocycles. The average molecular weight is 376 g/mol. The van der Waals surface area contributed by atoms with Crippen LogP contribution in [0.3, 0.4) is 0 Å². The summed E-state index contributed by atoms with van der Waals surface area (Å²) < 4.78 is 5.92. The highest BCUT2D eigenvalue weighted by molar-refractivity contribution is 5.95. The number of nitrogens with one attached hydrogen (secondary N) is 1. The maximum atomic E-state index is 12.1. The third-order valence-corrected chi connectivity index (χ3v) is 4.73. The highest BCUT2D eigenvalue weighted by atomic mass is 16.5. The van der Waals surface area contributed by atoms with E-state index in [2.05, 4.69) is 15.3 Å². The Hall–Kier alpha value is -3.15. The van der Waals surface area contributed by atoms with Gasteiger partial charge in [-0.05, 0) is 68.0 Å². The van der Waals surface area contributed by atoms with Crippen LogP contribution in [0.15, 0.2) is 42.5 Å². The van der Waals surface area contributed by atoms with Crippen molar-refractivity contribution >= 4 is 22.8 Å². The minimum absolute atomic E-state index is 0.0697. The molecule has 6 nitrogen and oxygen atoms in total. The van der Waals surface area contributed by atoms with Gasteiger partial charge in [0.2, 0.25) is 11.8 Å². The van der Waals surface area contributed by atoms with Gasteiger partial charge in [0.25, 0.3) is 5.91 Å². The van der Waals surface area contributed by atoms with Crippen molar-refractivity contribution in [2.45, 2.75) is 32.7 Å². The van der Waals surface area contributed by atoms with Crippen LogP contribution in [-0.2, 0) is 0 Å². The van der Waals surface area contributed by atoms with E-state index >= 15 is 0 Å². The summed E-state index contributed by atoms with van der Waals surface area (Å²) >= 11 is 0. The summed E-state index contributed by atoms with van der Waals surface area (Å²) in [6, 6.07) is 13.6. The van der Waals surface area contributed by atoms with Crippen LogP contribution in [0.4, 0.5) is 5.95 Å². The zero-order valence-electron chi connectivity index (χ0n) is 16.1. The number of carbonyl (C=O) groups excluding carboxylic acids is 1. The zero-order chi connectivity index (χ0) is 19.7. The Kier molecular flexibility index (Phi) is 4.86. The van der Waals surface area contributed by atoms with Crippen LogP contribution < -0.4 is 15.8 Å².